The third-order valence-corrected chi connectivity index (χ3v) is 0. The molecule has 0 atom stereocenters. The summed E-state index contributed by atoms with van der Waals surface area (Å²) < 4.78 is 31.6. The van der Waals surface area contributed by atoms with Crippen molar-refractivity contribution in [1.82, 2.24) is 0 Å². The molecule has 8 heavy (non-hydrogen) atoms. The Morgan fingerprint density at radius 3 is 1.12 bits per heavy atom. The zero-order valence-corrected chi connectivity index (χ0v) is 7.61. The second kappa shape index (κ2) is 8.12. The summed E-state index contributed by atoms with van der Waals surface area (Å²) in [7, 11) is -4.67. The molecule has 0 amide bonds. The van der Waals surface area contributed by atoms with E-state index in [1.54, 1.807) is 0 Å². The van der Waals surface area contributed by atoms with Crippen molar-refractivity contribution in [2.45, 2.75) is 0 Å². The van der Waals surface area contributed by atoms with Gasteiger partial charge < -0.3 is 5.48 Å². The standard InChI is InChI=1S/ClH.Na.H2O4S.H2O/c;;1-5(2,3)4;/h1H;;(H2,1,2,3,4);1H2/q;+1;;/p-1. The molecule has 5 nitrogen and oxygen atoms in total. The Labute approximate surface area is 75.1 Å². The first kappa shape index (κ1) is 22.9. The molecule has 0 unspecified atom stereocenters. The topological polar surface area (TPSA) is 105 Å². The zero-order valence-electron chi connectivity index (χ0n) is 3.97. The van der Waals surface area contributed by atoms with Gasteiger partial charge in [-0.1, -0.05) is 0 Å². The van der Waals surface area contributed by atoms with E-state index in [-0.39, 0.29) is 47.4 Å². The van der Waals surface area contributed by atoms with Crippen LogP contribution in [0.15, 0.2) is 0 Å². The van der Waals surface area contributed by atoms with Crippen molar-refractivity contribution in [3.63, 3.8) is 0 Å². The van der Waals surface area contributed by atoms with Gasteiger partial charge in [0.15, 0.2) is 0 Å². The Hall–Kier alpha value is 1.12. The van der Waals surface area contributed by atoms with Crippen LogP contribution in [0, 0.1) is 0 Å². The molecule has 0 aliphatic heterocycles. The van der Waals surface area contributed by atoms with Crippen LogP contribution in [0.3, 0.4) is 0 Å². The summed E-state index contributed by atoms with van der Waals surface area (Å²) in [5, 5.41) is 0. The minimum absolute atomic E-state index is 0. The average molecular weight is 175 g/mol. The number of hydrogen-bond donors (Lipinski definition) is 2. The maximum atomic E-state index is 8.74. The van der Waals surface area contributed by atoms with Gasteiger partial charge in [-0.15, -0.1) is 12.4 Å². The minimum Gasteiger partial charge on any atom is -0.870 e. The van der Waals surface area contributed by atoms with Crippen molar-refractivity contribution in [3.8, 4) is 0 Å². The van der Waals surface area contributed by atoms with Gasteiger partial charge >= 0.3 is 40.0 Å². The molecule has 0 spiro atoms. The largest absolute Gasteiger partial charge is 1.00 e. The van der Waals surface area contributed by atoms with Crippen LogP contribution < -0.4 is 29.6 Å². The van der Waals surface area contributed by atoms with Crippen molar-refractivity contribution in [1.29, 1.82) is 0 Å². The van der Waals surface area contributed by atoms with Gasteiger partial charge in [-0.25, -0.2) is 0 Å². The Morgan fingerprint density at radius 1 is 1.12 bits per heavy atom. The van der Waals surface area contributed by atoms with Crippen LogP contribution in [-0.2, 0) is 10.4 Å². The van der Waals surface area contributed by atoms with Gasteiger partial charge in [0, 0.05) is 0 Å². The first-order valence-electron chi connectivity index (χ1n) is 0.698. The van der Waals surface area contributed by atoms with E-state index in [1.165, 1.54) is 0 Å². The normalized spacial score (nSPS) is 7.25. The molecule has 3 N–H and O–H groups in total. The van der Waals surface area contributed by atoms with Gasteiger partial charge in [0.05, 0.1) is 0 Å². The summed E-state index contributed by atoms with van der Waals surface area (Å²) in [6.07, 6.45) is 0. The fraction of sp³-hybridized carbons (Fsp3) is 0. The molecule has 48 valence electrons. The third-order valence-electron chi connectivity index (χ3n) is 0. The van der Waals surface area contributed by atoms with Crippen LogP contribution in [0.4, 0.5) is 0 Å². The molecule has 0 aliphatic rings. The average Bonchev–Trinajstić information content (AvgIpc) is 0.722. The van der Waals surface area contributed by atoms with Crippen molar-refractivity contribution in [3.05, 3.63) is 0 Å². The predicted octanol–water partition coefficient (Wildman–Crippen LogP) is -3.40. The van der Waals surface area contributed by atoms with Crippen molar-refractivity contribution < 1.29 is 52.6 Å². The Kier molecular flexibility index (Phi) is 23.3. The van der Waals surface area contributed by atoms with Crippen LogP contribution in [0.25, 0.3) is 0 Å². The molecule has 0 bridgehead atoms. The predicted molar refractivity (Wildman–Crippen MR) is 23.4 cm³/mol. The molecule has 0 aromatic heterocycles. The second-order valence-electron chi connectivity index (χ2n) is 0.448. The van der Waals surface area contributed by atoms with E-state index >= 15 is 0 Å². The summed E-state index contributed by atoms with van der Waals surface area (Å²) in [4.78, 5) is 0. The molecule has 0 heterocycles. The van der Waals surface area contributed by atoms with Gasteiger partial charge in [0.2, 0.25) is 0 Å². The monoisotopic (exact) mass is 174 g/mol. The zero-order chi connectivity index (χ0) is 4.50. The maximum Gasteiger partial charge on any atom is 1.00 e. The first-order chi connectivity index (χ1) is 2.00. The number of halogens is 1. The molecular weight excluding hydrogens is 171 g/mol. The van der Waals surface area contributed by atoms with Gasteiger partial charge in [-0.05, 0) is 0 Å². The van der Waals surface area contributed by atoms with Crippen molar-refractivity contribution >= 4 is 22.8 Å². The van der Waals surface area contributed by atoms with Crippen LogP contribution in [0.1, 0.15) is 0 Å². The van der Waals surface area contributed by atoms with Gasteiger partial charge in [-0.3, -0.25) is 9.11 Å². The van der Waals surface area contributed by atoms with Crippen molar-refractivity contribution in [2.75, 3.05) is 0 Å². The van der Waals surface area contributed by atoms with Crippen LogP contribution in [0.5, 0.6) is 0 Å². The molecule has 8 heteroatoms. The maximum absolute atomic E-state index is 8.74. The molecule has 0 fully saturated rings. The Morgan fingerprint density at radius 2 is 1.12 bits per heavy atom. The van der Waals surface area contributed by atoms with E-state index < -0.39 is 10.4 Å². The molecule has 0 rings (SSSR count). The number of hydrogen-bond acceptors (Lipinski definition) is 3. The molecular formula is H4ClNaO5S. The molecule has 0 saturated carbocycles. The van der Waals surface area contributed by atoms with E-state index in [4.69, 9.17) is 17.5 Å². The Bertz CT molecular complexity index is 95.6. The van der Waals surface area contributed by atoms with Gasteiger partial charge in [0.25, 0.3) is 0 Å². The Balaban J connectivity index is -0.0000000267. The molecule has 0 aliphatic carbocycles. The quantitative estimate of drug-likeness (QED) is 0.294. The summed E-state index contributed by atoms with van der Waals surface area (Å²) in [6.45, 7) is 0. The third kappa shape index (κ3) is 213. The van der Waals surface area contributed by atoms with Crippen LogP contribution in [0.2, 0.25) is 0 Å². The van der Waals surface area contributed by atoms with Crippen molar-refractivity contribution in [2.24, 2.45) is 0 Å². The van der Waals surface area contributed by atoms with Crippen LogP contribution >= 0.6 is 12.4 Å². The molecule has 0 radical (unpaired) electrons. The summed E-state index contributed by atoms with van der Waals surface area (Å²) in [5.74, 6) is 0. The van der Waals surface area contributed by atoms with E-state index in [9.17, 15) is 0 Å². The summed E-state index contributed by atoms with van der Waals surface area (Å²) >= 11 is 0. The van der Waals surface area contributed by atoms with Gasteiger partial charge in [0.1, 0.15) is 0 Å². The van der Waals surface area contributed by atoms with Crippen LogP contribution in [-0.4, -0.2) is 23.0 Å². The van der Waals surface area contributed by atoms with E-state index in [0.29, 0.717) is 0 Å². The summed E-state index contributed by atoms with van der Waals surface area (Å²) in [6, 6.07) is 0. The fourth-order valence-corrected chi connectivity index (χ4v) is 0. The molecule has 0 aromatic carbocycles. The van der Waals surface area contributed by atoms with Gasteiger partial charge in [-0.2, -0.15) is 8.42 Å². The minimum atomic E-state index is -4.67. The smallest absolute Gasteiger partial charge is 0.870 e. The van der Waals surface area contributed by atoms with E-state index in [0.717, 1.165) is 0 Å². The molecule has 0 saturated heterocycles. The van der Waals surface area contributed by atoms with E-state index in [1.807, 2.05) is 0 Å². The first-order valence-corrected chi connectivity index (χ1v) is 2.10. The fourth-order valence-electron chi connectivity index (χ4n) is 0. The molecule has 0 aromatic rings. The van der Waals surface area contributed by atoms with E-state index in [2.05, 4.69) is 0 Å². The summed E-state index contributed by atoms with van der Waals surface area (Å²) in [5.41, 5.74) is 0. The second-order valence-corrected chi connectivity index (χ2v) is 1.34. The number of rotatable bonds is 0. The SMILES string of the molecule is Cl.O=S(=O)(O)O.[Na+].[OH-].